The highest BCUT2D eigenvalue weighted by molar-refractivity contribution is 5.97. The molecule has 2 aromatic carbocycles. The van der Waals surface area contributed by atoms with Crippen molar-refractivity contribution in [1.29, 1.82) is 0 Å². The standard InChI is InChI=1S/C24H31FN2O5/c1-29-13-10-26-24(28)21-7-6-20(31-3)15-23(21)32-18-8-11-27(12-9-18)16-17-4-5-19(30-2)14-22(17)25/h4-7,14-15,18H,8-13,16H2,1-3H3,(H,26,28). The van der Waals surface area contributed by atoms with E-state index >= 15 is 0 Å². The largest absolute Gasteiger partial charge is 0.497 e. The molecular weight excluding hydrogens is 415 g/mol. The van der Waals surface area contributed by atoms with Crippen LogP contribution in [0, 0.1) is 5.82 Å². The molecule has 174 valence electrons. The summed E-state index contributed by atoms with van der Waals surface area (Å²) in [6.45, 7) is 2.94. The fraction of sp³-hybridized carbons (Fsp3) is 0.458. The summed E-state index contributed by atoms with van der Waals surface area (Å²) >= 11 is 0. The van der Waals surface area contributed by atoms with Gasteiger partial charge in [-0.15, -0.1) is 0 Å². The van der Waals surface area contributed by atoms with Crippen LogP contribution in [0.5, 0.6) is 17.2 Å². The maximum atomic E-state index is 14.3. The molecule has 2 aromatic rings. The lowest BCUT2D eigenvalue weighted by molar-refractivity contribution is 0.0879. The van der Waals surface area contributed by atoms with Crippen molar-refractivity contribution in [3.8, 4) is 17.2 Å². The van der Waals surface area contributed by atoms with E-state index in [9.17, 15) is 9.18 Å². The smallest absolute Gasteiger partial charge is 0.255 e. The molecule has 0 radical (unpaired) electrons. The van der Waals surface area contributed by atoms with Crippen LogP contribution < -0.4 is 19.5 Å². The van der Waals surface area contributed by atoms with E-state index in [0.29, 0.717) is 48.1 Å². The summed E-state index contributed by atoms with van der Waals surface area (Å²) in [5, 5.41) is 2.83. The van der Waals surface area contributed by atoms with Crippen molar-refractivity contribution in [2.24, 2.45) is 0 Å². The number of rotatable bonds is 10. The third-order valence-electron chi connectivity index (χ3n) is 5.51. The molecule has 1 aliphatic heterocycles. The minimum atomic E-state index is -0.261. The molecule has 1 amide bonds. The van der Waals surface area contributed by atoms with E-state index in [1.807, 2.05) is 0 Å². The van der Waals surface area contributed by atoms with Crippen molar-refractivity contribution in [1.82, 2.24) is 10.2 Å². The van der Waals surface area contributed by atoms with Gasteiger partial charge in [0.05, 0.1) is 26.4 Å². The normalized spacial score (nSPS) is 14.8. The Morgan fingerprint density at radius 1 is 1.06 bits per heavy atom. The van der Waals surface area contributed by atoms with Crippen LogP contribution in [-0.2, 0) is 11.3 Å². The molecule has 1 fully saturated rings. The first-order chi connectivity index (χ1) is 15.5. The van der Waals surface area contributed by atoms with Crippen LogP contribution in [0.25, 0.3) is 0 Å². The van der Waals surface area contributed by atoms with Crippen molar-refractivity contribution in [2.75, 3.05) is 47.6 Å². The predicted molar refractivity (Wildman–Crippen MR) is 119 cm³/mol. The molecule has 1 saturated heterocycles. The number of hydrogen-bond donors (Lipinski definition) is 1. The zero-order chi connectivity index (χ0) is 22.9. The van der Waals surface area contributed by atoms with Gasteiger partial charge in [-0.2, -0.15) is 0 Å². The number of nitrogens with one attached hydrogen (secondary N) is 1. The van der Waals surface area contributed by atoms with Crippen LogP contribution in [0.4, 0.5) is 4.39 Å². The van der Waals surface area contributed by atoms with Crippen molar-refractivity contribution in [2.45, 2.75) is 25.5 Å². The summed E-state index contributed by atoms with van der Waals surface area (Å²) < 4.78 is 35.8. The third kappa shape index (κ3) is 6.34. The second-order valence-corrected chi connectivity index (χ2v) is 7.66. The van der Waals surface area contributed by atoms with Gasteiger partial charge in [-0.1, -0.05) is 6.07 Å². The first kappa shape index (κ1) is 23.8. The minimum absolute atomic E-state index is 0.0374. The average Bonchev–Trinajstić information content (AvgIpc) is 2.81. The van der Waals surface area contributed by atoms with Gasteiger partial charge < -0.3 is 24.3 Å². The Kier molecular flexibility index (Phi) is 8.70. The summed E-state index contributed by atoms with van der Waals surface area (Å²) in [6, 6.07) is 10.1. The average molecular weight is 447 g/mol. The van der Waals surface area contributed by atoms with Gasteiger partial charge >= 0.3 is 0 Å². The Morgan fingerprint density at radius 3 is 2.41 bits per heavy atom. The molecule has 0 aromatic heterocycles. The van der Waals surface area contributed by atoms with Gasteiger partial charge in [-0.3, -0.25) is 9.69 Å². The highest BCUT2D eigenvalue weighted by Crippen LogP contribution is 2.28. The van der Waals surface area contributed by atoms with Gasteiger partial charge in [0, 0.05) is 51.0 Å². The second-order valence-electron chi connectivity index (χ2n) is 7.66. The number of carbonyl (C=O) groups is 1. The molecule has 3 rings (SSSR count). The second kappa shape index (κ2) is 11.7. The molecule has 0 atom stereocenters. The third-order valence-corrected chi connectivity index (χ3v) is 5.51. The van der Waals surface area contributed by atoms with Crippen LogP contribution in [0.3, 0.4) is 0 Å². The lowest BCUT2D eigenvalue weighted by Gasteiger charge is -2.32. The SMILES string of the molecule is COCCNC(=O)c1ccc(OC)cc1OC1CCN(Cc2ccc(OC)cc2F)CC1. The Balaban J connectivity index is 1.59. The molecule has 1 heterocycles. The molecule has 0 unspecified atom stereocenters. The lowest BCUT2D eigenvalue weighted by Crippen LogP contribution is -2.38. The highest BCUT2D eigenvalue weighted by Gasteiger charge is 2.24. The number of methoxy groups -OCH3 is 3. The fourth-order valence-corrected chi connectivity index (χ4v) is 3.67. The van der Waals surface area contributed by atoms with Gasteiger partial charge in [-0.25, -0.2) is 4.39 Å². The monoisotopic (exact) mass is 446 g/mol. The molecule has 1 aliphatic rings. The van der Waals surface area contributed by atoms with E-state index in [-0.39, 0.29) is 17.8 Å². The summed E-state index contributed by atoms with van der Waals surface area (Å²) in [7, 11) is 4.69. The van der Waals surface area contributed by atoms with Crippen molar-refractivity contribution in [3.63, 3.8) is 0 Å². The van der Waals surface area contributed by atoms with Crippen LogP contribution in [-0.4, -0.2) is 64.5 Å². The van der Waals surface area contributed by atoms with E-state index in [1.54, 1.807) is 44.6 Å². The predicted octanol–water partition coefficient (Wildman–Crippen LogP) is 3.26. The van der Waals surface area contributed by atoms with Gasteiger partial charge in [-0.05, 0) is 31.0 Å². The van der Waals surface area contributed by atoms with Gasteiger partial charge in [0.1, 0.15) is 29.2 Å². The Hall–Kier alpha value is -2.84. The topological polar surface area (TPSA) is 69.3 Å². The first-order valence-electron chi connectivity index (χ1n) is 10.7. The Labute approximate surface area is 188 Å². The molecule has 8 heteroatoms. The number of carbonyl (C=O) groups excluding carboxylic acids is 1. The quantitative estimate of drug-likeness (QED) is 0.565. The number of nitrogens with zero attached hydrogens (tertiary/aromatic N) is 1. The van der Waals surface area contributed by atoms with Gasteiger partial charge in [0.25, 0.3) is 5.91 Å². The number of piperidine rings is 1. The molecule has 0 saturated carbocycles. The van der Waals surface area contributed by atoms with E-state index in [1.165, 1.54) is 13.2 Å². The van der Waals surface area contributed by atoms with Gasteiger partial charge in [0.15, 0.2) is 0 Å². The lowest BCUT2D eigenvalue weighted by atomic mass is 10.1. The highest BCUT2D eigenvalue weighted by atomic mass is 19.1. The zero-order valence-corrected chi connectivity index (χ0v) is 18.9. The summed E-state index contributed by atoms with van der Waals surface area (Å²) in [6.07, 6.45) is 1.52. The molecule has 32 heavy (non-hydrogen) atoms. The Bertz CT molecular complexity index is 900. The van der Waals surface area contributed by atoms with E-state index in [0.717, 1.165) is 25.9 Å². The number of benzene rings is 2. The van der Waals surface area contributed by atoms with Crippen molar-refractivity contribution in [3.05, 3.63) is 53.3 Å². The maximum Gasteiger partial charge on any atom is 0.255 e. The van der Waals surface area contributed by atoms with E-state index in [2.05, 4.69) is 10.2 Å². The molecule has 7 nitrogen and oxygen atoms in total. The number of likely N-dealkylation sites (tertiary alicyclic amines) is 1. The maximum absolute atomic E-state index is 14.3. The number of hydrogen-bond acceptors (Lipinski definition) is 6. The molecule has 0 spiro atoms. The summed E-state index contributed by atoms with van der Waals surface area (Å²) in [5.41, 5.74) is 1.11. The van der Waals surface area contributed by atoms with Crippen LogP contribution in [0.15, 0.2) is 36.4 Å². The first-order valence-corrected chi connectivity index (χ1v) is 10.7. The molecule has 1 N–H and O–H groups in total. The summed E-state index contributed by atoms with van der Waals surface area (Å²) in [4.78, 5) is 14.8. The van der Waals surface area contributed by atoms with Gasteiger partial charge in [0.2, 0.25) is 0 Å². The van der Waals surface area contributed by atoms with E-state index < -0.39 is 0 Å². The molecule has 0 aliphatic carbocycles. The summed E-state index contributed by atoms with van der Waals surface area (Å²) in [5.74, 6) is 1.16. The molecule has 0 bridgehead atoms. The van der Waals surface area contributed by atoms with Crippen LogP contribution >= 0.6 is 0 Å². The number of amides is 1. The van der Waals surface area contributed by atoms with E-state index in [4.69, 9.17) is 18.9 Å². The van der Waals surface area contributed by atoms with Crippen LogP contribution in [0.2, 0.25) is 0 Å². The minimum Gasteiger partial charge on any atom is -0.497 e. The van der Waals surface area contributed by atoms with Crippen LogP contribution in [0.1, 0.15) is 28.8 Å². The van der Waals surface area contributed by atoms with Crippen molar-refractivity contribution >= 4 is 5.91 Å². The Morgan fingerprint density at radius 2 is 1.75 bits per heavy atom. The number of ether oxygens (including phenoxy) is 4. The molecular formula is C24H31FN2O5. The number of halogens is 1. The van der Waals surface area contributed by atoms with Crippen molar-refractivity contribution < 1.29 is 28.1 Å². The fourth-order valence-electron chi connectivity index (χ4n) is 3.67. The zero-order valence-electron chi connectivity index (χ0n) is 18.9.